The Kier molecular flexibility index (Phi) is 4.82. The number of halogens is 1. The Bertz CT molecular complexity index is 881. The fraction of sp³-hybridized carbons (Fsp3) is 0.235. The molecule has 7 heteroatoms. The van der Waals surface area contributed by atoms with Crippen molar-refractivity contribution in [2.45, 2.75) is 13.0 Å². The van der Waals surface area contributed by atoms with Gasteiger partial charge in [0, 0.05) is 30.3 Å². The highest BCUT2D eigenvalue weighted by molar-refractivity contribution is 7.20. The van der Waals surface area contributed by atoms with Gasteiger partial charge in [0.05, 0.1) is 11.5 Å². The number of nitrogens with zero attached hydrogens (tertiary/aromatic N) is 2. The van der Waals surface area contributed by atoms with Crippen LogP contribution in [0.25, 0.3) is 10.2 Å². The van der Waals surface area contributed by atoms with E-state index in [1.54, 1.807) is 25.4 Å². The number of ketones is 1. The van der Waals surface area contributed by atoms with Crippen molar-refractivity contribution in [3.8, 4) is 0 Å². The number of nitrogens with one attached hydrogen (secondary N) is 1. The maximum atomic E-state index is 13.3. The molecular formula is C17H16FN3O2S. The number of carbonyl (C=O) groups excluding carboxylic acids is 1. The molecule has 0 aliphatic heterocycles. The van der Waals surface area contributed by atoms with Crippen LogP contribution in [0, 0.1) is 5.82 Å². The van der Waals surface area contributed by atoms with E-state index in [-0.39, 0.29) is 11.8 Å². The molecule has 3 aromatic rings. The predicted molar refractivity (Wildman–Crippen MR) is 92.2 cm³/mol. The van der Waals surface area contributed by atoms with Crippen LogP contribution in [0.4, 0.5) is 10.3 Å². The molecule has 0 amide bonds. The lowest BCUT2D eigenvalue weighted by Crippen LogP contribution is -2.22. The summed E-state index contributed by atoms with van der Waals surface area (Å²) in [7, 11) is 1.63. The van der Waals surface area contributed by atoms with E-state index in [1.165, 1.54) is 29.5 Å². The van der Waals surface area contributed by atoms with Crippen LogP contribution in [-0.4, -0.2) is 35.5 Å². The maximum Gasteiger partial charge on any atom is 0.224 e. The van der Waals surface area contributed by atoms with Gasteiger partial charge in [-0.1, -0.05) is 12.1 Å². The maximum absolute atomic E-state index is 13.3. The van der Waals surface area contributed by atoms with Crippen LogP contribution in [0.1, 0.15) is 22.2 Å². The van der Waals surface area contributed by atoms with Gasteiger partial charge in [-0.2, -0.15) is 0 Å². The van der Waals surface area contributed by atoms with Crippen molar-refractivity contribution in [3.63, 3.8) is 0 Å². The molecule has 2 heterocycles. The van der Waals surface area contributed by atoms with Crippen molar-refractivity contribution in [2.24, 2.45) is 0 Å². The van der Waals surface area contributed by atoms with Gasteiger partial charge >= 0.3 is 0 Å². The standard InChI is InChI=1S/C17H16FN3O2S/c1-10(9-23-2)20-17-19-8-12-7-14(24-16(12)21-17)15(22)11-4-3-5-13(18)6-11/h3-8,10H,9H2,1-2H3,(H,19,20,21). The van der Waals surface area contributed by atoms with Crippen LogP contribution in [0.15, 0.2) is 36.5 Å². The fourth-order valence-electron chi connectivity index (χ4n) is 2.30. The van der Waals surface area contributed by atoms with E-state index in [0.29, 0.717) is 27.8 Å². The molecule has 0 radical (unpaired) electrons. The lowest BCUT2D eigenvalue weighted by molar-refractivity contribution is 0.104. The molecular weight excluding hydrogens is 329 g/mol. The molecule has 124 valence electrons. The van der Waals surface area contributed by atoms with Crippen molar-refractivity contribution < 1.29 is 13.9 Å². The van der Waals surface area contributed by atoms with Crippen molar-refractivity contribution in [2.75, 3.05) is 19.0 Å². The highest BCUT2D eigenvalue weighted by Gasteiger charge is 2.15. The number of rotatable bonds is 6. The quantitative estimate of drug-likeness (QED) is 0.693. The highest BCUT2D eigenvalue weighted by Crippen LogP contribution is 2.26. The van der Waals surface area contributed by atoms with Gasteiger partial charge in [-0.05, 0) is 25.1 Å². The molecule has 1 unspecified atom stereocenters. The molecule has 3 rings (SSSR count). The third-order valence-corrected chi connectivity index (χ3v) is 4.42. The molecule has 0 saturated heterocycles. The topological polar surface area (TPSA) is 64.1 Å². The minimum Gasteiger partial charge on any atom is -0.383 e. The summed E-state index contributed by atoms with van der Waals surface area (Å²) >= 11 is 1.27. The minimum atomic E-state index is -0.430. The summed E-state index contributed by atoms with van der Waals surface area (Å²) < 4.78 is 18.4. The highest BCUT2D eigenvalue weighted by atomic mass is 32.1. The number of aromatic nitrogens is 2. The Balaban J connectivity index is 1.87. The third-order valence-electron chi connectivity index (χ3n) is 3.38. The number of hydrogen-bond donors (Lipinski definition) is 1. The van der Waals surface area contributed by atoms with Crippen molar-refractivity contribution in [3.05, 3.63) is 52.8 Å². The third kappa shape index (κ3) is 3.58. The monoisotopic (exact) mass is 345 g/mol. The van der Waals surface area contributed by atoms with Crippen LogP contribution >= 0.6 is 11.3 Å². The summed E-state index contributed by atoms with van der Waals surface area (Å²) in [4.78, 5) is 22.4. The van der Waals surface area contributed by atoms with Crippen LogP contribution < -0.4 is 5.32 Å². The van der Waals surface area contributed by atoms with Crippen LogP contribution in [0.5, 0.6) is 0 Å². The average Bonchev–Trinajstić information content (AvgIpc) is 2.97. The first-order chi connectivity index (χ1) is 11.6. The number of methoxy groups -OCH3 is 1. The van der Waals surface area contributed by atoms with Gasteiger partial charge in [0.1, 0.15) is 10.6 Å². The van der Waals surface area contributed by atoms with Gasteiger partial charge in [-0.3, -0.25) is 4.79 Å². The van der Waals surface area contributed by atoms with Crippen molar-refractivity contribution in [1.29, 1.82) is 0 Å². The molecule has 1 aromatic carbocycles. The zero-order valence-corrected chi connectivity index (χ0v) is 14.1. The number of hydrogen-bond acceptors (Lipinski definition) is 6. The Morgan fingerprint density at radius 1 is 1.42 bits per heavy atom. The van der Waals surface area contributed by atoms with Gasteiger partial charge in [0.25, 0.3) is 0 Å². The number of anilines is 1. The molecule has 0 spiro atoms. The summed E-state index contributed by atoms with van der Waals surface area (Å²) in [6.07, 6.45) is 1.67. The summed E-state index contributed by atoms with van der Waals surface area (Å²) in [5.74, 6) is -0.168. The molecule has 0 fully saturated rings. The molecule has 2 aromatic heterocycles. The van der Waals surface area contributed by atoms with E-state index in [2.05, 4.69) is 15.3 Å². The molecule has 1 N–H and O–H groups in total. The fourth-order valence-corrected chi connectivity index (χ4v) is 3.26. The molecule has 0 aliphatic rings. The normalized spacial score (nSPS) is 12.3. The Morgan fingerprint density at radius 3 is 3.00 bits per heavy atom. The smallest absolute Gasteiger partial charge is 0.224 e. The van der Waals surface area contributed by atoms with Gasteiger partial charge in [-0.25, -0.2) is 14.4 Å². The lowest BCUT2D eigenvalue weighted by atomic mass is 10.1. The van der Waals surface area contributed by atoms with E-state index in [1.807, 2.05) is 6.92 Å². The molecule has 1 atom stereocenters. The molecule has 24 heavy (non-hydrogen) atoms. The molecule has 0 saturated carbocycles. The van der Waals surface area contributed by atoms with Crippen LogP contribution in [0.2, 0.25) is 0 Å². The van der Waals surface area contributed by atoms with E-state index in [4.69, 9.17) is 4.74 Å². The SMILES string of the molecule is COCC(C)Nc1ncc2cc(C(=O)c3cccc(F)c3)sc2n1. The zero-order chi connectivity index (χ0) is 17.1. The second-order valence-electron chi connectivity index (χ2n) is 5.40. The number of benzene rings is 1. The number of fused-ring (bicyclic) bond motifs is 1. The summed E-state index contributed by atoms with van der Waals surface area (Å²) in [6.45, 7) is 2.50. The van der Waals surface area contributed by atoms with Gasteiger partial charge in [0.2, 0.25) is 11.7 Å². The second kappa shape index (κ2) is 7.02. The van der Waals surface area contributed by atoms with Crippen molar-refractivity contribution >= 4 is 33.3 Å². The molecule has 5 nitrogen and oxygen atoms in total. The van der Waals surface area contributed by atoms with Gasteiger partial charge < -0.3 is 10.1 Å². The Hall–Kier alpha value is -2.38. The van der Waals surface area contributed by atoms with E-state index in [9.17, 15) is 9.18 Å². The summed E-state index contributed by atoms with van der Waals surface area (Å²) in [5.41, 5.74) is 0.321. The zero-order valence-electron chi connectivity index (χ0n) is 13.2. The largest absolute Gasteiger partial charge is 0.383 e. The first-order valence-corrected chi connectivity index (χ1v) is 8.21. The number of carbonyl (C=O) groups is 1. The number of thiophene rings is 1. The average molecular weight is 345 g/mol. The molecule has 0 aliphatic carbocycles. The lowest BCUT2D eigenvalue weighted by Gasteiger charge is -2.11. The summed E-state index contributed by atoms with van der Waals surface area (Å²) in [5, 5.41) is 3.92. The Morgan fingerprint density at radius 2 is 2.25 bits per heavy atom. The van der Waals surface area contributed by atoms with Gasteiger partial charge in [-0.15, -0.1) is 11.3 Å². The van der Waals surface area contributed by atoms with Crippen LogP contribution in [0.3, 0.4) is 0 Å². The first kappa shape index (κ1) is 16.5. The van der Waals surface area contributed by atoms with E-state index in [0.717, 1.165) is 5.39 Å². The van der Waals surface area contributed by atoms with E-state index >= 15 is 0 Å². The Labute approximate surface area is 142 Å². The first-order valence-electron chi connectivity index (χ1n) is 7.39. The predicted octanol–water partition coefficient (Wildman–Crippen LogP) is 3.51. The summed E-state index contributed by atoms with van der Waals surface area (Å²) in [6, 6.07) is 7.47. The van der Waals surface area contributed by atoms with Gasteiger partial charge in [0.15, 0.2) is 0 Å². The van der Waals surface area contributed by atoms with Crippen LogP contribution in [-0.2, 0) is 4.74 Å². The molecule has 0 bridgehead atoms. The van der Waals surface area contributed by atoms with Crippen molar-refractivity contribution in [1.82, 2.24) is 9.97 Å². The minimum absolute atomic E-state index is 0.0702. The van der Waals surface area contributed by atoms with E-state index < -0.39 is 5.82 Å². The number of ether oxygens (including phenoxy) is 1. The second-order valence-corrected chi connectivity index (χ2v) is 6.44.